The molecule has 0 atom stereocenters. The monoisotopic (exact) mass is 481 g/mol. The first-order valence-corrected chi connectivity index (χ1v) is 11.7. The molecule has 0 aliphatic carbocycles. The fraction of sp³-hybridized carbons (Fsp3) is 0.185. The standard InChI is InChI=1S/C27H27N7O2/c1-18(2)36-22-11-7-10-21(14-22)31-27(35)24-25(33(3)17-19-8-5-4-6-9-19)26-28-13-12-23(34(26)32-24)20-15-29-30-16-20/h4-16,18H,17H2,1-3H3,(H,29,30)(H,31,35). The number of nitrogens with zero attached hydrogens (tertiary/aromatic N) is 5. The van der Waals surface area contributed by atoms with Gasteiger partial charge in [0.05, 0.1) is 18.0 Å². The second-order valence-electron chi connectivity index (χ2n) is 8.74. The van der Waals surface area contributed by atoms with Crippen molar-refractivity contribution in [1.29, 1.82) is 0 Å². The van der Waals surface area contributed by atoms with Crippen LogP contribution in [0.25, 0.3) is 16.9 Å². The number of carbonyl (C=O) groups excluding carboxylic acids is 1. The number of benzene rings is 2. The maximum absolute atomic E-state index is 13.6. The van der Waals surface area contributed by atoms with E-state index in [1.54, 1.807) is 29.2 Å². The highest BCUT2D eigenvalue weighted by atomic mass is 16.5. The van der Waals surface area contributed by atoms with Gasteiger partial charge in [-0.2, -0.15) is 10.2 Å². The third-order valence-electron chi connectivity index (χ3n) is 5.61. The Morgan fingerprint density at radius 1 is 1.14 bits per heavy atom. The van der Waals surface area contributed by atoms with E-state index in [-0.39, 0.29) is 17.7 Å². The number of aromatic amines is 1. The molecule has 0 spiro atoms. The van der Waals surface area contributed by atoms with Crippen molar-refractivity contribution in [3.8, 4) is 17.0 Å². The molecule has 2 aromatic carbocycles. The third-order valence-corrected chi connectivity index (χ3v) is 5.61. The highest BCUT2D eigenvalue weighted by Crippen LogP contribution is 2.30. The van der Waals surface area contributed by atoms with Crippen LogP contribution in [-0.2, 0) is 6.54 Å². The number of H-pyrrole nitrogens is 1. The van der Waals surface area contributed by atoms with E-state index in [1.165, 1.54) is 0 Å². The number of anilines is 2. The number of hydrogen-bond donors (Lipinski definition) is 2. The molecule has 9 heteroatoms. The normalized spacial score (nSPS) is 11.1. The second-order valence-corrected chi connectivity index (χ2v) is 8.74. The van der Waals surface area contributed by atoms with Crippen molar-refractivity contribution >= 4 is 22.9 Å². The zero-order chi connectivity index (χ0) is 25.1. The van der Waals surface area contributed by atoms with Crippen LogP contribution in [0.3, 0.4) is 0 Å². The first-order valence-electron chi connectivity index (χ1n) is 11.7. The number of carbonyl (C=O) groups is 1. The lowest BCUT2D eigenvalue weighted by Gasteiger charge is -2.19. The van der Waals surface area contributed by atoms with Gasteiger partial charge in [-0.25, -0.2) is 9.50 Å². The molecule has 182 valence electrons. The van der Waals surface area contributed by atoms with Crippen molar-refractivity contribution in [3.05, 3.63) is 90.5 Å². The predicted octanol–water partition coefficient (Wildman–Crippen LogP) is 4.80. The highest BCUT2D eigenvalue weighted by Gasteiger charge is 2.25. The van der Waals surface area contributed by atoms with E-state index in [0.717, 1.165) is 16.8 Å². The highest BCUT2D eigenvalue weighted by molar-refractivity contribution is 6.09. The van der Waals surface area contributed by atoms with E-state index < -0.39 is 0 Å². The molecule has 3 aromatic heterocycles. The van der Waals surface area contributed by atoms with E-state index in [2.05, 4.69) is 20.5 Å². The van der Waals surface area contributed by atoms with Crippen LogP contribution in [0.15, 0.2) is 79.3 Å². The van der Waals surface area contributed by atoms with Gasteiger partial charge in [0.25, 0.3) is 5.91 Å². The van der Waals surface area contributed by atoms with E-state index in [0.29, 0.717) is 29.3 Å². The minimum atomic E-state index is -0.338. The molecule has 0 saturated heterocycles. The Kier molecular flexibility index (Phi) is 6.36. The van der Waals surface area contributed by atoms with Crippen LogP contribution in [-0.4, -0.2) is 43.9 Å². The summed E-state index contributed by atoms with van der Waals surface area (Å²) < 4.78 is 7.47. The number of amides is 1. The summed E-state index contributed by atoms with van der Waals surface area (Å²) in [6, 6.07) is 19.2. The number of nitrogens with one attached hydrogen (secondary N) is 2. The van der Waals surface area contributed by atoms with E-state index in [9.17, 15) is 4.79 Å². The lowest BCUT2D eigenvalue weighted by molar-refractivity contribution is 0.102. The summed E-state index contributed by atoms with van der Waals surface area (Å²) in [6.07, 6.45) is 5.24. The molecule has 0 aliphatic rings. The second kappa shape index (κ2) is 9.91. The van der Waals surface area contributed by atoms with E-state index in [4.69, 9.17) is 9.84 Å². The van der Waals surface area contributed by atoms with Crippen molar-refractivity contribution in [2.75, 3.05) is 17.3 Å². The topological polar surface area (TPSA) is 100 Å². The molecule has 2 N–H and O–H groups in total. The van der Waals surface area contributed by atoms with Crippen molar-refractivity contribution in [2.24, 2.45) is 0 Å². The number of fused-ring (bicyclic) bond motifs is 1. The van der Waals surface area contributed by atoms with Crippen molar-refractivity contribution in [3.63, 3.8) is 0 Å². The van der Waals surface area contributed by atoms with Gasteiger partial charge < -0.3 is 15.0 Å². The van der Waals surface area contributed by atoms with Crippen molar-refractivity contribution < 1.29 is 9.53 Å². The molecule has 9 nitrogen and oxygen atoms in total. The Morgan fingerprint density at radius 2 is 1.97 bits per heavy atom. The smallest absolute Gasteiger partial charge is 0.278 e. The molecular formula is C27H27N7O2. The largest absolute Gasteiger partial charge is 0.491 e. The summed E-state index contributed by atoms with van der Waals surface area (Å²) in [7, 11) is 1.93. The number of aromatic nitrogens is 5. The van der Waals surface area contributed by atoms with Crippen molar-refractivity contribution in [2.45, 2.75) is 26.5 Å². The van der Waals surface area contributed by atoms with Crippen LogP contribution in [0.5, 0.6) is 5.75 Å². The molecule has 0 fully saturated rings. The molecule has 0 saturated carbocycles. The molecular weight excluding hydrogens is 454 g/mol. The fourth-order valence-corrected chi connectivity index (χ4v) is 4.09. The molecule has 0 unspecified atom stereocenters. The SMILES string of the molecule is CC(C)Oc1cccc(NC(=O)c2nn3c(-c4cn[nH]c4)ccnc3c2N(C)Cc2ccccc2)c1. The number of ether oxygens (including phenoxy) is 1. The summed E-state index contributed by atoms with van der Waals surface area (Å²) in [4.78, 5) is 20.2. The quantitative estimate of drug-likeness (QED) is 0.330. The van der Waals surface area contributed by atoms with Gasteiger partial charge in [-0.05, 0) is 37.6 Å². The number of rotatable bonds is 8. The van der Waals surface area contributed by atoms with Crippen LogP contribution < -0.4 is 15.0 Å². The van der Waals surface area contributed by atoms with Crippen LogP contribution in [0.2, 0.25) is 0 Å². The molecule has 5 aromatic rings. The molecule has 36 heavy (non-hydrogen) atoms. The average Bonchev–Trinajstić information content (AvgIpc) is 3.53. The summed E-state index contributed by atoms with van der Waals surface area (Å²) in [5, 5.41) is 14.6. The lowest BCUT2D eigenvalue weighted by atomic mass is 10.2. The molecule has 1 amide bonds. The molecule has 5 rings (SSSR count). The lowest BCUT2D eigenvalue weighted by Crippen LogP contribution is -2.21. The van der Waals surface area contributed by atoms with E-state index in [1.807, 2.05) is 80.4 Å². The Labute approximate surface area is 208 Å². The minimum Gasteiger partial charge on any atom is -0.491 e. The maximum atomic E-state index is 13.6. The van der Waals surface area contributed by atoms with Gasteiger partial charge in [-0.15, -0.1) is 0 Å². The maximum Gasteiger partial charge on any atom is 0.278 e. The first-order chi connectivity index (χ1) is 17.5. The van der Waals surface area contributed by atoms with E-state index >= 15 is 0 Å². The Bertz CT molecular complexity index is 1480. The van der Waals surface area contributed by atoms with Crippen LogP contribution >= 0.6 is 0 Å². The zero-order valence-electron chi connectivity index (χ0n) is 20.3. The van der Waals surface area contributed by atoms with Gasteiger partial charge >= 0.3 is 0 Å². The van der Waals surface area contributed by atoms with Gasteiger partial charge in [0.15, 0.2) is 11.3 Å². The summed E-state index contributed by atoms with van der Waals surface area (Å²) >= 11 is 0. The fourth-order valence-electron chi connectivity index (χ4n) is 4.09. The molecule has 0 bridgehead atoms. The van der Waals surface area contributed by atoms with Gasteiger partial charge in [0, 0.05) is 43.3 Å². The van der Waals surface area contributed by atoms with Crippen LogP contribution in [0.1, 0.15) is 29.9 Å². The van der Waals surface area contributed by atoms with Gasteiger partial charge in [0.1, 0.15) is 11.4 Å². The summed E-state index contributed by atoms with van der Waals surface area (Å²) in [6.45, 7) is 4.50. The minimum absolute atomic E-state index is 0.0278. The molecule has 0 aliphatic heterocycles. The average molecular weight is 482 g/mol. The number of hydrogen-bond acceptors (Lipinski definition) is 6. The van der Waals surface area contributed by atoms with Gasteiger partial charge in [-0.1, -0.05) is 36.4 Å². The summed E-state index contributed by atoms with van der Waals surface area (Å²) in [5.41, 5.74) is 4.82. The first kappa shape index (κ1) is 23.1. The van der Waals surface area contributed by atoms with Gasteiger partial charge in [-0.3, -0.25) is 9.89 Å². The van der Waals surface area contributed by atoms with Gasteiger partial charge in [0.2, 0.25) is 0 Å². The third kappa shape index (κ3) is 4.76. The Morgan fingerprint density at radius 3 is 2.72 bits per heavy atom. The Balaban J connectivity index is 1.56. The summed E-state index contributed by atoms with van der Waals surface area (Å²) in [5.74, 6) is 0.346. The van der Waals surface area contributed by atoms with Crippen molar-refractivity contribution in [1.82, 2.24) is 24.8 Å². The predicted molar refractivity (Wildman–Crippen MR) is 139 cm³/mol. The molecule has 3 heterocycles. The molecule has 0 radical (unpaired) electrons. The Hall–Kier alpha value is -4.66. The zero-order valence-corrected chi connectivity index (χ0v) is 20.3. The van der Waals surface area contributed by atoms with Crippen LogP contribution in [0.4, 0.5) is 11.4 Å². The van der Waals surface area contributed by atoms with Crippen LogP contribution in [0, 0.1) is 0 Å².